The maximum absolute atomic E-state index is 10.1. The Labute approximate surface area is 206 Å². The molecule has 0 bridgehead atoms. The average molecular weight is 483 g/mol. The van der Waals surface area contributed by atoms with Crippen LogP contribution in [0.1, 0.15) is 57.6 Å². The predicted octanol–water partition coefficient (Wildman–Crippen LogP) is 5.53. The van der Waals surface area contributed by atoms with Crippen LogP contribution in [-0.4, -0.2) is 44.6 Å². The first-order chi connectivity index (χ1) is 16.5. The number of carboxylic acids is 1. The van der Waals surface area contributed by atoms with Gasteiger partial charge in [0.05, 0.1) is 0 Å². The summed E-state index contributed by atoms with van der Waals surface area (Å²) in [6.07, 6.45) is 4.16. The summed E-state index contributed by atoms with van der Waals surface area (Å²) in [6.45, 7) is 8.90. The normalized spacial score (nSPS) is 20.6. The SMILES string of the molecule is CC[Si](CC)(CC)OC(c1ccccc1)(c1ccccc1)[C@@H]1CCCN1.O=C(O)[C@@H]1CCCN1. The monoisotopic (exact) mass is 482 g/mol. The molecule has 0 radical (unpaired) electrons. The van der Waals surface area contributed by atoms with Crippen LogP contribution in [0.4, 0.5) is 0 Å². The van der Waals surface area contributed by atoms with Gasteiger partial charge in [0.25, 0.3) is 0 Å². The number of hydrogen-bond acceptors (Lipinski definition) is 4. The second kappa shape index (κ2) is 12.6. The first kappa shape index (κ1) is 26.6. The minimum atomic E-state index is -1.83. The standard InChI is InChI=1S/C23H33NOSi.C5H9NO2/c1-4-26(5-2,6-3)25-23(22-18-13-19-24-22,20-14-9-7-10-15-20)21-16-11-8-12-17-21;7-5(8)4-2-1-3-6-4/h7-12,14-17,22,24H,4-6,13,18-19H2,1-3H3;4,6H,1-3H2,(H,7,8)/t22-;4-/m00/s1. The van der Waals surface area contributed by atoms with Gasteiger partial charge in [-0.1, -0.05) is 81.4 Å². The van der Waals surface area contributed by atoms with Gasteiger partial charge in [-0.15, -0.1) is 0 Å². The Balaban J connectivity index is 0.000000343. The van der Waals surface area contributed by atoms with Gasteiger partial charge >= 0.3 is 5.97 Å². The van der Waals surface area contributed by atoms with Crippen molar-refractivity contribution in [2.24, 2.45) is 0 Å². The van der Waals surface area contributed by atoms with Crippen molar-refractivity contribution >= 4 is 14.3 Å². The fourth-order valence-electron chi connectivity index (χ4n) is 5.36. The molecule has 5 nitrogen and oxygen atoms in total. The maximum Gasteiger partial charge on any atom is 0.320 e. The van der Waals surface area contributed by atoms with Gasteiger partial charge in [-0.3, -0.25) is 4.79 Å². The minimum Gasteiger partial charge on any atom is -0.480 e. The lowest BCUT2D eigenvalue weighted by Gasteiger charge is -2.47. The lowest BCUT2D eigenvalue weighted by atomic mass is 9.79. The van der Waals surface area contributed by atoms with E-state index >= 15 is 0 Å². The average Bonchev–Trinajstić information content (AvgIpc) is 3.62. The van der Waals surface area contributed by atoms with E-state index in [2.05, 4.69) is 92.1 Å². The third kappa shape index (κ3) is 5.97. The fourth-order valence-corrected chi connectivity index (χ4v) is 8.36. The van der Waals surface area contributed by atoms with E-state index < -0.39 is 19.9 Å². The number of hydrogen-bond donors (Lipinski definition) is 3. The molecule has 2 saturated heterocycles. The number of nitrogens with one attached hydrogen (secondary N) is 2. The second-order valence-corrected chi connectivity index (χ2v) is 14.1. The number of carbonyl (C=O) groups is 1. The van der Waals surface area contributed by atoms with Crippen molar-refractivity contribution in [2.75, 3.05) is 13.1 Å². The lowest BCUT2D eigenvalue weighted by Crippen LogP contribution is -2.55. The summed E-state index contributed by atoms with van der Waals surface area (Å²) in [5.74, 6) is -0.720. The number of carboxylic acid groups (broad SMARTS) is 1. The quantitative estimate of drug-likeness (QED) is 0.410. The zero-order valence-corrected chi connectivity index (χ0v) is 22.1. The van der Waals surface area contributed by atoms with Gasteiger partial charge < -0.3 is 20.2 Å². The summed E-state index contributed by atoms with van der Waals surface area (Å²) in [7, 11) is -1.83. The molecule has 3 N–H and O–H groups in total. The summed E-state index contributed by atoms with van der Waals surface area (Å²) in [5.41, 5.74) is 2.18. The molecule has 2 atom stereocenters. The summed E-state index contributed by atoms with van der Waals surface area (Å²) < 4.78 is 7.41. The van der Waals surface area contributed by atoms with Crippen molar-refractivity contribution in [3.63, 3.8) is 0 Å². The van der Waals surface area contributed by atoms with E-state index in [4.69, 9.17) is 9.53 Å². The maximum atomic E-state index is 10.1. The van der Waals surface area contributed by atoms with Gasteiger partial charge in [-0.05, 0) is 68.0 Å². The highest BCUT2D eigenvalue weighted by atomic mass is 28.4. The van der Waals surface area contributed by atoms with Crippen molar-refractivity contribution in [1.82, 2.24) is 10.6 Å². The Bertz CT molecular complexity index is 814. The van der Waals surface area contributed by atoms with Crippen molar-refractivity contribution in [2.45, 2.75) is 82.3 Å². The van der Waals surface area contributed by atoms with Crippen LogP contribution in [0, 0.1) is 0 Å². The number of rotatable bonds is 9. The van der Waals surface area contributed by atoms with Crippen LogP contribution >= 0.6 is 0 Å². The molecule has 0 saturated carbocycles. The molecule has 0 spiro atoms. The molecule has 2 aromatic rings. The van der Waals surface area contributed by atoms with E-state index in [1.807, 2.05) is 0 Å². The highest BCUT2D eigenvalue weighted by Crippen LogP contribution is 2.44. The smallest absolute Gasteiger partial charge is 0.320 e. The molecule has 0 amide bonds. The highest BCUT2D eigenvalue weighted by Gasteiger charge is 2.49. The first-order valence-electron chi connectivity index (χ1n) is 13.0. The van der Waals surface area contributed by atoms with E-state index in [1.165, 1.54) is 17.5 Å². The van der Waals surface area contributed by atoms with E-state index in [0.717, 1.165) is 50.5 Å². The van der Waals surface area contributed by atoms with E-state index in [1.54, 1.807) is 0 Å². The molecular formula is C28H42N2O3Si. The third-order valence-corrected chi connectivity index (χ3v) is 12.2. The van der Waals surface area contributed by atoms with E-state index in [-0.39, 0.29) is 6.04 Å². The van der Waals surface area contributed by atoms with Crippen LogP contribution < -0.4 is 10.6 Å². The molecule has 0 unspecified atom stereocenters. The molecule has 2 aliphatic heterocycles. The first-order valence-corrected chi connectivity index (χ1v) is 15.5. The molecule has 2 fully saturated rings. The molecular weight excluding hydrogens is 440 g/mol. The van der Waals surface area contributed by atoms with Crippen LogP contribution in [0.5, 0.6) is 0 Å². The Morgan fingerprint density at radius 3 is 1.74 bits per heavy atom. The molecule has 4 rings (SSSR count). The highest BCUT2D eigenvalue weighted by molar-refractivity contribution is 6.73. The summed E-state index contributed by atoms with van der Waals surface area (Å²) in [6, 6.07) is 25.4. The van der Waals surface area contributed by atoms with Crippen LogP contribution in [0.25, 0.3) is 0 Å². The van der Waals surface area contributed by atoms with Crippen LogP contribution in [0.15, 0.2) is 60.7 Å². The predicted molar refractivity (Wildman–Crippen MR) is 142 cm³/mol. The minimum absolute atomic E-state index is 0.269. The lowest BCUT2D eigenvalue weighted by molar-refractivity contribution is -0.139. The van der Waals surface area contributed by atoms with Crippen LogP contribution in [-0.2, 0) is 14.8 Å². The molecule has 34 heavy (non-hydrogen) atoms. The van der Waals surface area contributed by atoms with E-state index in [0.29, 0.717) is 6.04 Å². The third-order valence-electron chi connectivity index (χ3n) is 7.63. The molecule has 6 heteroatoms. The van der Waals surface area contributed by atoms with Crippen molar-refractivity contribution < 1.29 is 14.3 Å². The molecule has 0 aliphatic carbocycles. The second-order valence-electron chi connectivity index (χ2n) is 9.45. The topological polar surface area (TPSA) is 70.6 Å². The molecule has 2 aliphatic rings. The van der Waals surface area contributed by atoms with Crippen molar-refractivity contribution in [1.29, 1.82) is 0 Å². The van der Waals surface area contributed by atoms with Crippen LogP contribution in [0.3, 0.4) is 0 Å². The molecule has 2 heterocycles. The Hall–Kier alpha value is -1.99. The Morgan fingerprint density at radius 2 is 1.38 bits per heavy atom. The number of aliphatic carboxylic acids is 1. The van der Waals surface area contributed by atoms with Crippen molar-refractivity contribution in [3.05, 3.63) is 71.8 Å². The van der Waals surface area contributed by atoms with Crippen LogP contribution in [0.2, 0.25) is 18.1 Å². The summed E-state index contributed by atoms with van der Waals surface area (Å²) >= 11 is 0. The zero-order valence-electron chi connectivity index (χ0n) is 21.1. The van der Waals surface area contributed by atoms with Gasteiger partial charge in [0.15, 0.2) is 8.32 Å². The van der Waals surface area contributed by atoms with Crippen molar-refractivity contribution in [3.8, 4) is 0 Å². The molecule has 186 valence electrons. The zero-order chi connectivity index (χ0) is 24.4. The summed E-state index contributed by atoms with van der Waals surface area (Å²) in [4.78, 5) is 10.1. The van der Waals surface area contributed by atoms with Gasteiger partial charge in [-0.25, -0.2) is 0 Å². The van der Waals surface area contributed by atoms with Gasteiger partial charge in [0, 0.05) is 6.04 Å². The number of benzene rings is 2. The summed E-state index contributed by atoms with van der Waals surface area (Å²) in [5, 5.41) is 15.0. The van der Waals surface area contributed by atoms with E-state index in [9.17, 15) is 4.79 Å². The van der Waals surface area contributed by atoms with Gasteiger partial charge in [0.2, 0.25) is 0 Å². The largest absolute Gasteiger partial charge is 0.480 e. The molecule has 0 aromatic heterocycles. The Morgan fingerprint density at radius 1 is 0.882 bits per heavy atom. The fraction of sp³-hybridized carbons (Fsp3) is 0.536. The Kier molecular flexibility index (Phi) is 9.89. The molecule has 2 aromatic carbocycles. The van der Waals surface area contributed by atoms with Gasteiger partial charge in [-0.2, -0.15) is 0 Å². The van der Waals surface area contributed by atoms with Gasteiger partial charge in [0.1, 0.15) is 11.6 Å².